The van der Waals surface area contributed by atoms with Crippen molar-refractivity contribution >= 4 is 40.3 Å². The lowest BCUT2D eigenvalue weighted by atomic mass is 10.2. The number of nitrogens with zero attached hydrogens (tertiary/aromatic N) is 2. The summed E-state index contributed by atoms with van der Waals surface area (Å²) in [5.74, 6) is 1.78. The smallest absolute Gasteiger partial charge is 0.201 e. The first-order chi connectivity index (χ1) is 8.74. The first-order valence-electron chi connectivity index (χ1n) is 6.13. The summed E-state index contributed by atoms with van der Waals surface area (Å²) in [6, 6.07) is 5.73. The van der Waals surface area contributed by atoms with Gasteiger partial charge in [-0.3, -0.25) is 0 Å². The van der Waals surface area contributed by atoms with Crippen molar-refractivity contribution in [3.05, 3.63) is 23.2 Å². The molecule has 0 atom stereocenters. The van der Waals surface area contributed by atoms with Crippen molar-refractivity contribution in [3.8, 4) is 0 Å². The van der Waals surface area contributed by atoms with Crippen molar-refractivity contribution in [2.45, 2.75) is 25.8 Å². The minimum absolute atomic E-state index is 0.558. The summed E-state index contributed by atoms with van der Waals surface area (Å²) in [6.45, 7) is 0.889. The fourth-order valence-corrected chi connectivity index (χ4v) is 2.84. The molecule has 5 heteroatoms. The summed E-state index contributed by atoms with van der Waals surface area (Å²) in [5.41, 5.74) is 7.79. The van der Waals surface area contributed by atoms with Crippen LogP contribution in [0.1, 0.15) is 19.3 Å². The number of nitrogens with two attached hydrogens (primary N) is 1. The quantitative estimate of drug-likeness (QED) is 0.820. The molecule has 98 valence electrons. The number of anilines is 1. The standard InChI is InChI=1S/C13H18ClN3S/c1-18-9-4-2-3-8-17-12-10(14)6-5-7-11(12)16-13(17)15/h5-7H,2-4,8-9H2,1H3,(H2,15,16). The number of imidazole rings is 1. The average Bonchev–Trinajstić information content (AvgIpc) is 2.67. The fourth-order valence-electron chi connectivity index (χ4n) is 2.08. The third-order valence-corrected chi connectivity index (χ3v) is 3.98. The number of para-hydroxylation sites is 1. The van der Waals surface area contributed by atoms with Crippen molar-refractivity contribution < 1.29 is 0 Å². The second-order valence-corrected chi connectivity index (χ2v) is 5.68. The van der Waals surface area contributed by atoms with E-state index in [9.17, 15) is 0 Å². The van der Waals surface area contributed by atoms with Crippen LogP contribution < -0.4 is 5.73 Å². The summed E-state index contributed by atoms with van der Waals surface area (Å²) < 4.78 is 2.02. The first kappa shape index (κ1) is 13.6. The second-order valence-electron chi connectivity index (χ2n) is 4.28. The number of benzene rings is 1. The van der Waals surface area contributed by atoms with Crippen LogP contribution in [0.15, 0.2) is 18.2 Å². The van der Waals surface area contributed by atoms with E-state index in [0.29, 0.717) is 5.95 Å². The molecule has 0 spiro atoms. The van der Waals surface area contributed by atoms with Gasteiger partial charge in [0.1, 0.15) is 0 Å². The third kappa shape index (κ3) is 2.93. The molecule has 1 heterocycles. The lowest BCUT2D eigenvalue weighted by Gasteiger charge is -2.07. The minimum Gasteiger partial charge on any atom is -0.369 e. The summed E-state index contributed by atoms with van der Waals surface area (Å²) in [4.78, 5) is 4.34. The number of aryl methyl sites for hydroxylation is 1. The monoisotopic (exact) mass is 283 g/mol. The number of thioether (sulfide) groups is 1. The molecule has 0 aliphatic heterocycles. The average molecular weight is 284 g/mol. The zero-order chi connectivity index (χ0) is 13.0. The molecule has 2 aromatic rings. The molecule has 0 saturated carbocycles. The minimum atomic E-state index is 0.558. The van der Waals surface area contributed by atoms with Crippen LogP contribution in [0, 0.1) is 0 Å². The summed E-state index contributed by atoms with van der Waals surface area (Å²) >= 11 is 8.11. The van der Waals surface area contributed by atoms with E-state index >= 15 is 0 Å². The van der Waals surface area contributed by atoms with Gasteiger partial charge in [-0.1, -0.05) is 24.1 Å². The number of halogens is 1. The molecule has 2 N–H and O–H groups in total. The van der Waals surface area contributed by atoms with Gasteiger partial charge >= 0.3 is 0 Å². The molecule has 0 fully saturated rings. The molecule has 0 aliphatic rings. The van der Waals surface area contributed by atoms with Crippen molar-refractivity contribution in [1.82, 2.24) is 9.55 Å². The Labute approximate surface area is 117 Å². The van der Waals surface area contributed by atoms with E-state index in [0.717, 1.165) is 29.0 Å². The molecular weight excluding hydrogens is 266 g/mol. The van der Waals surface area contributed by atoms with Crippen LogP contribution in [0.25, 0.3) is 11.0 Å². The number of unbranched alkanes of at least 4 members (excludes halogenated alkanes) is 2. The fraction of sp³-hybridized carbons (Fsp3) is 0.462. The largest absolute Gasteiger partial charge is 0.369 e. The van der Waals surface area contributed by atoms with Crippen LogP contribution in [0.5, 0.6) is 0 Å². The van der Waals surface area contributed by atoms with E-state index < -0.39 is 0 Å². The van der Waals surface area contributed by atoms with E-state index in [1.54, 1.807) is 0 Å². The van der Waals surface area contributed by atoms with Gasteiger partial charge < -0.3 is 10.3 Å². The van der Waals surface area contributed by atoms with Crippen LogP contribution in [0.2, 0.25) is 5.02 Å². The number of fused-ring (bicyclic) bond motifs is 1. The van der Waals surface area contributed by atoms with Gasteiger partial charge in [0.2, 0.25) is 5.95 Å². The Morgan fingerprint density at radius 3 is 2.94 bits per heavy atom. The van der Waals surface area contributed by atoms with E-state index in [2.05, 4.69) is 11.2 Å². The molecule has 1 aromatic heterocycles. The predicted octanol–water partition coefficient (Wildman–Crippen LogP) is 3.81. The van der Waals surface area contributed by atoms with Gasteiger partial charge in [0.05, 0.1) is 16.1 Å². The molecule has 0 radical (unpaired) electrons. The first-order valence-corrected chi connectivity index (χ1v) is 7.90. The van der Waals surface area contributed by atoms with Gasteiger partial charge in [0.15, 0.2) is 0 Å². The maximum Gasteiger partial charge on any atom is 0.201 e. The third-order valence-electron chi connectivity index (χ3n) is 2.98. The SMILES string of the molecule is CSCCCCCn1c(N)nc2cccc(Cl)c21. The van der Waals surface area contributed by atoms with Gasteiger partial charge in [0.25, 0.3) is 0 Å². The van der Waals surface area contributed by atoms with Crippen molar-refractivity contribution in [2.24, 2.45) is 0 Å². The van der Waals surface area contributed by atoms with Gasteiger partial charge in [0, 0.05) is 6.54 Å². The number of nitrogen functional groups attached to an aromatic ring is 1. The number of hydrogen-bond acceptors (Lipinski definition) is 3. The second kappa shape index (κ2) is 6.34. The molecule has 3 nitrogen and oxygen atoms in total. The molecule has 2 rings (SSSR count). The Bertz CT molecular complexity index is 524. The van der Waals surface area contributed by atoms with Gasteiger partial charge in [-0.05, 0) is 37.0 Å². The number of hydrogen-bond donors (Lipinski definition) is 1. The van der Waals surface area contributed by atoms with E-state index in [1.807, 2.05) is 34.5 Å². The Morgan fingerprint density at radius 2 is 2.17 bits per heavy atom. The summed E-state index contributed by atoms with van der Waals surface area (Å²) in [5, 5.41) is 0.723. The predicted molar refractivity (Wildman–Crippen MR) is 81.4 cm³/mol. The van der Waals surface area contributed by atoms with E-state index in [1.165, 1.54) is 18.6 Å². The summed E-state index contributed by atoms with van der Waals surface area (Å²) in [6.07, 6.45) is 5.72. The van der Waals surface area contributed by atoms with Crippen LogP contribution in [0.3, 0.4) is 0 Å². The van der Waals surface area contributed by atoms with Crippen LogP contribution in [0.4, 0.5) is 5.95 Å². The molecular formula is C13H18ClN3S. The highest BCUT2D eigenvalue weighted by Crippen LogP contribution is 2.26. The Balaban J connectivity index is 2.10. The Hall–Kier alpha value is -0.870. The van der Waals surface area contributed by atoms with Gasteiger partial charge in [-0.25, -0.2) is 4.98 Å². The lowest BCUT2D eigenvalue weighted by molar-refractivity contribution is 0.621. The molecule has 0 saturated heterocycles. The number of rotatable bonds is 6. The van der Waals surface area contributed by atoms with Crippen molar-refractivity contribution in [1.29, 1.82) is 0 Å². The van der Waals surface area contributed by atoms with Gasteiger partial charge in [-0.15, -0.1) is 0 Å². The van der Waals surface area contributed by atoms with Crippen molar-refractivity contribution in [2.75, 3.05) is 17.7 Å². The molecule has 18 heavy (non-hydrogen) atoms. The molecule has 0 amide bonds. The van der Waals surface area contributed by atoms with Crippen LogP contribution >= 0.6 is 23.4 Å². The normalized spacial score (nSPS) is 11.2. The molecule has 1 aromatic carbocycles. The lowest BCUT2D eigenvalue weighted by Crippen LogP contribution is -2.03. The van der Waals surface area contributed by atoms with E-state index in [4.69, 9.17) is 17.3 Å². The van der Waals surface area contributed by atoms with Crippen molar-refractivity contribution in [3.63, 3.8) is 0 Å². The topological polar surface area (TPSA) is 43.8 Å². The Kier molecular flexibility index (Phi) is 4.78. The van der Waals surface area contributed by atoms with Crippen LogP contribution in [-0.4, -0.2) is 21.6 Å². The maximum absolute atomic E-state index is 6.22. The molecule has 0 unspecified atom stereocenters. The summed E-state index contributed by atoms with van der Waals surface area (Å²) in [7, 11) is 0. The highest BCUT2D eigenvalue weighted by atomic mass is 35.5. The maximum atomic E-state index is 6.22. The highest BCUT2D eigenvalue weighted by molar-refractivity contribution is 7.98. The molecule has 0 aliphatic carbocycles. The van der Waals surface area contributed by atoms with E-state index in [-0.39, 0.29) is 0 Å². The Morgan fingerprint density at radius 1 is 1.33 bits per heavy atom. The zero-order valence-corrected chi connectivity index (χ0v) is 12.1. The number of aromatic nitrogens is 2. The highest BCUT2D eigenvalue weighted by Gasteiger charge is 2.10. The van der Waals surface area contributed by atoms with Crippen LogP contribution in [-0.2, 0) is 6.54 Å². The van der Waals surface area contributed by atoms with Gasteiger partial charge in [-0.2, -0.15) is 11.8 Å². The zero-order valence-electron chi connectivity index (χ0n) is 10.5. The molecule has 0 bridgehead atoms.